The third-order valence-electron chi connectivity index (χ3n) is 2.62. The van der Waals surface area contributed by atoms with Gasteiger partial charge >= 0.3 is 0 Å². The summed E-state index contributed by atoms with van der Waals surface area (Å²) in [5, 5.41) is 3.47. The highest BCUT2D eigenvalue weighted by atomic mass is 15.1. The molecule has 4 nitrogen and oxygen atoms in total. The van der Waals surface area contributed by atoms with Crippen molar-refractivity contribution >= 4 is 0 Å². The van der Waals surface area contributed by atoms with E-state index in [-0.39, 0.29) is 0 Å². The quantitative estimate of drug-likeness (QED) is 0.711. The Morgan fingerprint density at radius 2 is 2.20 bits per heavy atom. The van der Waals surface area contributed by atoms with Crippen LogP contribution in [0.3, 0.4) is 0 Å². The van der Waals surface area contributed by atoms with E-state index in [2.05, 4.69) is 41.0 Å². The highest BCUT2D eigenvalue weighted by Gasteiger charge is 2.06. The van der Waals surface area contributed by atoms with E-state index in [1.165, 1.54) is 0 Å². The van der Waals surface area contributed by atoms with Crippen molar-refractivity contribution in [1.82, 2.24) is 20.2 Å². The molecule has 2 N–H and O–H groups in total. The first-order valence-electron chi connectivity index (χ1n) is 5.69. The lowest BCUT2D eigenvalue weighted by molar-refractivity contribution is 0.270. The van der Waals surface area contributed by atoms with E-state index in [0.717, 1.165) is 31.9 Å². The lowest BCUT2D eigenvalue weighted by Gasteiger charge is -2.23. The molecule has 0 spiro atoms. The number of aromatic nitrogens is 2. The van der Waals surface area contributed by atoms with Gasteiger partial charge < -0.3 is 15.2 Å². The van der Waals surface area contributed by atoms with E-state index in [4.69, 9.17) is 0 Å². The number of hydrogen-bond acceptors (Lipinski definition) is 3. The van der Waals surface area contributed by atoms with E-state index in [9.17, 15) is 0 Å². The minimum absolute atomic E-state index is 0.508. The molecular formula is C11H22N4. The van der Waals surface area contributed by atoms with Crippen LogP contribution in [0.4, 0.5) is 0 Å². The zero-order valence-electron chi connectivity index (χ0n) is 9.95. The van der Waals surface area contributed by atoms with Crippen molar-refractivity contribution in [1.29, 1.82) is 0 Å². The summed E-state index contributed by atoms with van der Waals surface area (Å²) < 4.78 is 0. The van der Waals surface area contributed by atoms with Crippen molar-refractivity contribution in [2.24, 2.45) is 0 Å². The first kappa shape index (κ1) is 12.2. The largest absolute Gasteiger partial charge is 0.347 e. The maximum absolute atomic E-state index is 3.99. The van der Waals surface area contributed by atoms with Crippen LogP contribution in [-0.4, -0.2) is 40.5 Å². The topological polar surface area (TPSA) is 44.0 Å². The van der Waals surface area contributed by atoms with Crippen LogP contribution in [0.2, 0.25) is 0 Å². The van der Waals surface area contributed by atoms with Crippen molar-refractivity contribution in [3.05, 3.63) is 18.2 Å². The zero-order chi connectivity index (χ0) is 11.1. The van der Waals surface area contributed by atoms with Crippen molar-refractivity contribution in [3.63, 3.8) is 0 Å². The molecule has 1 rings (SSSR count). The Morgan fingerprint density at radius 1 is 1.47 bits per heavy atom. The molecule has 0 aliphatic carbocycles. The van der Waals surface area contributed by atoms with Gasteiger partial charge in [0.25, 0.3) is 0 Å². The Labute approximate surface area is 92.1 Å². The van der Waals surface area contributed by atoms with Gasteiger partial charge in [-0.05, 0) is 20.0 Å². The SMILES string of the molecule is CCN(CC)CC(C)NCc1cnc[nH]1. The Hall–Kier alpha value is -0.870. The van der Waals surface area contributed by atoms with Gasteiger partial charge in [0.2, 0.25) is 0 Å². The Bertz CT molecular complexity index is 241. The summed E-state index contributed by atoms with van der Waals surface area (Å²) in [5.74, 6) is 0. The van der Waals surface area contributed by atoms with Crippen LogP contribution in [0, 0.1) is 0 Å². The Kier molecular flexibility index (Phi) is 5.36. The second-order valence-electron chi connectivity index (χ2n) is 3.84. The van der Waals surface area contributed by atoms with E-state index in [0.29, 0.717) is 6.04 Å². The van der Waals surface area contributed by atoms with Gasteiger partial charge in [0.05, 0.1) is 6.33 Å². The lowest BCUT2D eigenvalue weighted by atomic mass is 10.3. The molecule has 0 saturated heterocycles. The molecule has 1 heterocycles. The van der Waals surface area contributed by atoms with Gasteiger partial charge in [-0.1, -0.05) is 13.8 Å². The van der Waals surface area contributed by atoms with Crippen LogP contribution in [0.25, 0.3) is 0 Å². The predicted molar refractivity (Wildman–Crippen MR) is 62.7 cm³/mol. The third-order valence-corrected chi connectivity index (χ3v) is 2.62. The molecule has 1 aromatic rings. The Morgan fingerprint density at radius 3 is 2.73 bits per heavy atom. The van der Waals surface area contributed by atoms with Gasteiger partial charge in [-0.3, -0.25) is 0 Å². The summed E-state index contributed by atoms with van der Waals surface area (Å²) in [6, 6.07) is 0.508. The van der Waals surface area contributed by atoms with Crippen molar-refractivity contribution in [3.8, 4) is 0 Å². The molecule has 1 aromatic heterocycles. The standard InChI is InChI=1S/C11H22N4/c1-4-15(5-2)8-10(3)13-7-11-6-12-9-14-11/h6,9-10,13H,4-5,7-8H2,1-3H3,(H,12,14). The van der Waals surface area contributed by atoms with E-state index in [1.54, 1.807) is 6.33 Å². The molecule has 0 bridgehead atoms. The number of nitrogens with one attached hydrogen (secondary N) is 2. The molecule has 86 valence electrons. The van der Waals surface area contributed by atoms with Crippen LogP contribution in [-0.2, 0) is 6.54 Å². The van der Waals surface area contributed by atoms with E-state index < -0.39 is 0 Å². The summed E-state index contributed by atoms with van der Waals surface area (Å²) in [6.45, 7) is 10.8. The number of hydrogen-bond donors (Lipinski definition) is 2. The predicted octanol–water partition coefficient (Wildman–Crippen LogP) is 1.23. The third kappa shape index (κ3) is 4.44. The van der Waals surface area contributed by atoms with Crippen LogP contribution in [0.5, 0.6) is 0 Å². The molecule has 4 heteroatoms. The smallest absolute Gasteiger partial charge is 0.0922 e. The van der Waals surface area contributed by atoms with Crippen LogP contribution in [0.1, 0.15) is 26.5 Å². The normalized spacial score (nSPS) is 13.3. The highest BCUT2D eigenvalue weighted by molar-refractivity contribution is 4.93. The Balaban J connectivity index is 2.21. The number of rotatable bonds is 7. The second kappa shape index (κ2) is 6.58. The van der Waals surface area contributed by atoms with E-state index >= 15 is 0 Å². The molecule has 0 saturated carbocycles. The fraction of sp³-hybridized carbons (Fsp3) is 0.727. The fourth-order valence-corrected chi connectivity index (χ4v) is 1.60. The van der Waals surface area contributed by atoms with Crippen LogP contribution in [0.15, 0.2) is 12.5 Å². The van der Waals surface area contributed by atoms with Crippen molar-refractivity contribution < 1.29 is 0 Å². The molecule has 0 aromatic carbocycles. The number of likely N-dealkylation sites (N-methyl/N-ethyl adjacent to an activating group) is 1. The zero-order valence-corrected chi connectivity index (χ0v) is 9.95. The molecule has 15 heavy (non-hydrogen) atoms. The average molecular weight is 210 g/mol. The molecular weight excluding hydrogens is 188 g/mol. The monoisotopic (exact) mass is 210 g/mol. The molecule has 0 fully saturated rings. The van der Waals surface area contributed by atoms with E-state index in [1.807, 2.05) is 6.20 Å². The van der Waals surface area contributed by atoms with Gasteiger partial charge in [0.1, 0.15) is 0 Å². The van der Waals surface area contributed by atoms with Crippen LogP contribution < -0.4 is 5.32 Å². The number of H-pyrrole nitrogens is 1. The summed E-state index contributed by atoms with van der Waals surface area (Å²) >= 11 is 0. The van der Waals surface area contributed by atoms with Gasteiger partial charge in [-0.2, -0.15) is 0 Å². The molecule has 0 aliphatic rings. The number of nitrogens with zero attached hydrogens (tertiary/aromatic N) is 2. The van der Waals surface area contributed by atoms with Gasteiger partial charge in [-0.15, -0.1) is 0 Å². The first-order valence-corrected chi connectivity index (χ1v) is 5.69. The maximum Gasteiger partial charge on any atom is 0.0922 e. The highest BCUT2D eigenvalue weighted by Crippen LogP contribution is 1.94. The molecule has 0 amide bonds. The molecule has 0 radical (unpaired) electrons. The second-order valence-corrected chi connectivity index (χ2v) is 3.84. The molecule has 1 unspecified atom stereocenters. The molecule has 0 aliphatic heterocycles. The van der Waals surface area contributed by atoms with Crippen molar-refractivity contribution in [2.45, 2.75) is 33.4 Å². The summed E-state index contributed by atoms with van der Waals surface area (Å²) in [6.07, 6.45) is 3.57. The minimum Gasteiger partial charge on any atom is -0.347 e. The first-order chi connectivity index (χ1) is 7.26. The van der Waals surface area contributed by atoms with Gasteiger partial charge in [-0.25, -0.2) is 4.98 Å². The number of imidazole rings is 1. The minimum atomic E-state index is 0.508. The lowest BCUT2D eigenvalue weighted by Crippen LogP contribution is -2.38. The number of aromatic amines is 1. The molecule has 1 atom stereocenters. The summed E-state index contributed by atoms with van der Waals surface area (Å²) in [7, 11) is 0. The van der Waals surface area contributed by atoms with Gasteiger partial charge in [0.15, 0.2) is 0 Å². The van der Waals surface area contributed by atoms with Crippen molar-refractivity contribution in [2.75, 3.05) is 19.6 Å². The average Bonchev–Trinajstić information content (AvgIpc) is 2.75. The van der Waals surface area contributed by atoms with Gasteiger partial charge in [0, 0.05) is 31.0 Å². The fourth-order valence-electron chi connectivity index (χ4n) is 1.60. The summed E-state index contributed by atoms with van der Waals surface area (Å²) in [4.78, 5) is 9.50. The van der Waals surface area contributed by atoms with Crippen LogP contribution >= 0.6 is 0 Å². The maximum atomic E-state index is 3.99. The summed E-state index contributed by atoms with van der Waals surface area (Å²) in [5.41, 5.74) is 1.14.